The number of benzene rings is 2. The molecule has 4 rings (SSSR count). The summed E-state index contributed by atoms with van der Waals surface area (Å²) >= 11 is 0. The van der Waals surface area contributed by atoms with E-state index in [2.05, 4.69) is 15.1 Å². The molecule has 8 nitrogen and oxygen atoms in total. The molecule has 0 aliphatic rings. The summed E-state index contributed by atoms with van der Waals surface area (Å²) in [5.41, 5.74) is 7.88. The SMILES string of the molecule is COc1ccc(-c2noc(/C(N)=C(\c3ccccn3)N(N)c3ccccc3F)n2)cc1. The van der Waals surface area contributed by atoms with E-state index in [0.29, 0.717) is 22.8 Å². The number of anilines is 1. The fourth-order valence-electron chi connectivity index (χ4n) is 2.95. The Bertz CT molecular complexity index is 1210. The van der Waals surface area contributed by atoms with Crippen LogP contribution in [0.25, 0.3) is 22.8 Å². The molecule has 0 spiro atoms. The van der Waals surface area contributed by atoms with Gasteiger partial charge in [0.2, 0.25) is 5.82 Å². The number of hydrazine groups is 1. The lowest BCUT2D eigenvalue weighted by Crippen LogP contribution is -2.32. The maximum atomic E-state index is 14.4. The van der Waals surface area contributed by atoms with Gasteiger partial charge in [0.1, 0.15) is 23.0 Å². The maximum Gasteiger partial charge on any atom is 0.276 e. The zero-order valence-corrected chi connectivity index (χ0v) is 16.6. The van der Waals surface area contributed by atoms with Crippen LogP contribution in [-0.4, -0.2) is 22.2 Å². The summed E-state index contributed by atoms with van der Waals surface area (Å²) in [6.45, 7) is 0. The van der Waals surface area contributed by atoms with Crippen molar-refractivity contribution in [2.45, 2.75) is 0 Å². The Morgan fingerprint density at radius 1 is 1.03 bits per heavy atom. The average Bonchev–Trinajstić information content (AvgIpc) is 3.30. The van der Waals surface area contributed by atoms with E-state index in [1.807, 2.05) is 0 Å². The number of para-hydroxylation sites is 1. The first-order chi connectivity index (χ1) is 15.1. The van der Waals surface area contributed by atoms with E-state index in [1.54, 1.807) is 67.9 Å². The van der Waals surface area contributed by atoms with E-state index in [-0.39, 0.29) is 23.0 Å². The molecule has 31 heavy (non-hydrogen) atoms. The van der Waals surface area contributed by atoms with Gasteiger partial charge in [0.25, 0.3) is 5.89 Å². The predicted molar refractivity (Wildman–Crippen MR) is 115 cm³/mol. The van der Waals surface area contributed by atoms with Crippen LogP contribution in [0, 0.1) is 5.82 Å². The van der Waals surface area contributed by atoms with E-state index in [1.165, 1.54) is 12.1 Å². The van der Waals surface area contributed by atoms with Crippen molar-refractivity contribution in [1.82, 2.24) is 15.1 Å². The molecule has 0 aliphatic carbocycles. The van der Waals surface area contributed by atoms with E-state index in [4.69, 9.17) is 20.8 Å². The highest BCUT2D eigenvalue weighted by molar-refractivity contribution is 5.92. The number of hydrogen-bond donors (Lipinski definition) is 2. The fraction of sp³-hybridized carbons (Fsp3) is 0.0455. The van der Waals surface area contributed by atoms with Gasteiger partial charge in [-0.15, -0.1) is 0 Å². The molecule has 0 amide bonds. The molecule has 0 fully saturated rings. The van der Waals surface area contributed by atoms with Crippen molar-refractivity contribution >= 4 is 17.1 Å². The molecule has 4 N–H and O–H groups in total. The highest BCUT2D eigenvalue weighted by atomic mass is 19.1. The number of rotatable bonds is 6. The summed E-state index contributed by atoms with van der Waals surface area (Å²) in [4.78, 5) is 8.68. The average molecular weight is 418 g/mol. The number of halogens is 1. The molecule has 0 radical (unpaired) electrons. The minimum absolute atomic E-state index is 0.0262. The lowest BCUT2D eigenvalue weighted by molar-refractivity contribution is 0.407. The van der Waals surface area contributed by atoms with Crippen LogP contribution in [0.3, 0.4) is 0 Å². The van der Waals surface area contributed by atoms with Crippen molar-refractivity contribution in [3.63, 3.8) is 0 Å². The Hall–Kier alpha value is -4.24. The maximum absolute atomic E-state index is 14.4. The first-order valence-corrected chi connectivity index (χ1v) is 9.27. The molecule has 2 aromatic carbocycles. The molecule has 0 saturated carbocycles. The van der Waals surface area contributed by atoms with Gasteiger partial charge in [0.05, 0.1) is 18.5 Å². The van der Waals surface area contributed by atoms with Gasteiger partial charge in [-0.25, -0.2) is 10.2 Å². The third kappa shape index (κ3) is 4.07. The smallest absolute Gasteiger partial charge is 0.276 e. The number of methoxy groups -OCH3 is 1. The van der Waals surface area contributed by atoms with Crippen molar-refractivity contribution in [3.8, 4) is 17.1 Å². The number of ether oxygens (including phenoxy) is 1. The number of nitrogens with zero attached hydrogens (tertiary/aromatic N) is 4. The topological polar surface area (TPSA) is 116 Å². The van der Waals surface area contributed by atoms with Crippen LogP contribution in [0.5, 0.6) is 5.75 Å². The van der Waals surface area contributed by atoms with Crippen molar-refractivity contribution in [1.29, 1.82) is 0 Å². The van der Waals surface area contributed by atoms with E-state index in [0.717, 1.165) is 5.01 Å². The third-order valence-electron chi connectivity index (χ3n) is 4.52. The molecule has 156 valence electrons. The zero-order valence-electron chi connectivity index (χ0n) is 16.6. The highest BCUT2D eigenvalue weighted by Crippen LogP contribution is 2.29. The lowest BCUT2D eigenvalue weighted by Gasteiger charge is -2.23. The molecule has 0 saturated heterocycles. The Morgan fingerprint density at radius 3 is 2.45 bits per heavy atom. The Balaban J connectivity index is 1.79. The summed E-state index contributed by atoms with van der Waals surface area (Å²) in [6, 6.07) is 18.4. The molecule has 2 aromatic heterocycles. The number of nitrogens with two attached hydrogens (primary N) is 2. The van der Waals surface area contributed by atoms with E-state index >= 15 is 0 Å². The largest absolute Gasteiger partial charge is 0.497 e. The van der Waals surface area contributed by atoms with Gasteiger partial charge in [-0.3, -0.25) is 9.99 Å². The van der Waals surface area contributed by atoms with Gasteiger partial charge in [-0.05, 0) is 48.5 Å². The zero-order chi connectivity index (χ0) is 21.8. The van der Waals surface area contributed by atoms with Crippen LogP contribution >= 0.6 is 0 Å². The Labute approximate surface area is 177 Å². The van der Waals surface area contributed by atoms with Crippen LogP contribution < -0.4 is 21.3 Å². The minimum Gasteiger partial charge on any atom is -0.497 e. The molecule has 0 unspecified atom stereocenters. The van der Waals surface area contributed by atoms with Crippen LogP contribution in [0.2, 0.25) is 0 Å². The second-order valence-electron chi connectivity index (χ2n) is 6.45. The molecular formula is C22H19FN6O2. The molecule has 0 aliphatic heterocycles. The monoisotopic (exact) mass is 418 g/mol. The number of aromatic nitrogens is 3. The standard InChI is InChI=1S/C22H19FN6O2/c1-30-15-11-9-14(10-12-15)21-27-22(31-28-21)19(24)20(17-7-4-5-13-26-17)29(25)18-8-3-2-6-16(18)23/h2-13H,24-25H2,1H3/b20-19-. The van der Waals surface area contributed by atoms with E-state index < -0.39 is 5.82 Å². The van der Waals surface area contributed by atoms with Gasteiger partial charge in [-0.1, -0.05) is 23.4 Å². The first kappa shape index (κ1) is 20.0. The lowest BCUT2D eigenvalue weighted by atomic mass is 10.2. The third-order valence-corrected chi connectivity index (χ3v) is 4.52. The predicted octanol–water partition coefficient (Wildman–Crippen LogP) is 3.44. The molecule has 0 bridgehead atoms. The summed E-state index contributed by atoms with van der Waals surface area (Å²) < 4.78 is 24.9. The van der Waals surface area contributed by atoms with Crippen molar-refractivity contribution < 1.29 is 13.7 Å². The van der Waals surface area contributed by atoms with Gasteiger partial charge < -0.3 is 15.0 Å². The number of pyridine rings is 1. The van der Waals surface area contributed by atoms with Gasteiger partial charge in [-0.2, -0.15) is 4.98 Å². The van der Waals surface area contributed by atoms with E-state index in [9.17, 15) is 4.39 Å². The Morgan fingerprint density at radius 2 is 1.77 bits per heavy atom. The highest BCUT2D eigenvalue weighted by Gasteiger charge is 2.23. The normalized spacial score (nSPS) is 11.7. The van der Waals surface area contributed by atoms with Crippen molar-refractivity contribution in [3.05, 3.63) is 90.3 Å². The van der Waals surface area contributed by atoms with Crippen LogP contribution in [0.1, 0.15) is 11.6 Å². The van der Waals surface area contributed by atoms with Crippen molar-refractivity contribution in [2.75, 3.05) is 12.1 Å². The second kappa shape index (κ2) is 8.64. The summed E-state index contributed by atoms with van der Waals surface area (Å²) in [7, 11) is 1.58. The minimum atomic E-state index is -0.518. The molecule has 0 atom stereocenters. The first-order valence-electron chi connectivity index (χ1n) is 9.27. The van der Waals surface area contributed by atoms with Gasteiger partial charge in [0, 0.05) is 11.8 Å². The number of hydrogen-bond acceptors (Lipinski definition) is 8. The molecule has 4 aromatic rings. The van der Waals surface area contributed by atoms with Crippen LogP contribution in [-0.2, 0) is 0 Å². The quantitative estimate of drug-likeness (QED) is 0.361. The molecule has 9 heteroatoms. The summed E-state index contributed by atoms with van der Waals surface area (Å²) in [5, 5.41) is 5.11. The van der Waals surface area contributed by atoms with Crippen LogP contribution in [0.4, 0.5) is 10.1 Å². The second-order valence-corrected chi connectivity index (χ2v) is 6.45. The molecular weight excluding hydrogens is 399 g/mol. The van der Waals surface area contributed by atoms with Crippen LogP contribution in [0.15, 0.2) is 77.4 Å². The van der Waals surface area contributed by atoms with Gasteiger partial charge >= 0.3 is 0 Å². The Kier molecular flexibility index (Phi) is 5.59. The summed E-state index contributed by atoms with van der Waals surface area (Å²) in [5.74, 6) is 6.81. The molecule has 2 heterocycles. The summed E-state index contributed by atoms with van der Waals surface area (Å²) in [6.07, 6.45) is 1.58. The van der Waals surface area contributed by atoms with Gasteiger partial charge in [0.15, 0.2) is 0 Å². The fourth-order valence-corrected chi connectivity index (χ4v) is 2.95. The van der Waals surface area contributed by atoms with Crippen molar-refractivity contribution in [2.24, 2.45) is 11.6 Å².